The van der Waals surface area contributed by atoms with Gasteiger partial charge in [0.2, 0.25) is 5.78 Å². The number of hydrogen-bond acceptors (Lipinski definition) is 3. The lowest BCUT2D eigenvalue weighted by atomic mass is 9.94. The molecule has 0 spiro atoms. The highest BCUT2D eigenvalue weighted by atomic mass is 35.5. The van der Waals surface area contributed by atoms with Crippen molar-refractivity contribution in [2.75, 3.05) is 6.61 Å². The fourth-order valence-corrected chi connectivity index (χ4v) is 1.87. The molecule has 0 aliphatic heterocycles. The lowest BCUT2D eigenvalue weighted by Crippen LogP contribution is -2.15. The summed E-state index contributed by atoms with van der Waals surface area (Å²) in [4.78, 5) is 23.5. The number of ether oxygens (including phenoxy) is 1. The van der Waals surface area contributed by atoms with Gasteiger partial charge in [0.1, 0.15) is 5.75 Å². The fourth-order valence-electron chi connectivity index (χ4n) is 1.66. The molecule has 0 fully saturated rings. The van der Waals surface area contributed by atoms with Gasteiger partial charge < -0.3 is 4.74 Å². The molecule has 3 nitrogen and oxygen atoms in total. The van der Waals surface area contributed by atoms with Crippen LogP contribution in [0.1, 0.15) is 34.6 Å². The maximum atomic E-state index is 11.8. The number of ketones is 2. The molecule has 1 aliphatic carbocycles. The Bertz CT molecular complexity index is 544. The van der Waals surface area contributed by atoms with Gasteiger partial charge in [-0.05, 0) is 24.1 Å². The molecule has 1 aromatic carbocycles. The molecular formula is C14H13ClO3. The minimum Gasteiger partial charge on any atom is -0.493 e. The Morgan fingerprint density at radius 1 is 1.22 bits per heavy atom. The number of benzene rings is 1. The maximum Gasteiger partial charge on any atom is 0.205 e. The molecule has 0 unspecified atom stereocenters. The summed E-state index contributed by atoms with van der Waals surface area (Å²) >= 11 is 5.69. The Kier molecular flexibility index (Phi) is 3.53. The number of Topliss-reactive ketones (excluding diaryl/α,β-unsaturated/α-hetero) is 1. The molecule has 0 bridgehead atoms. The van der Waals surface area contributed by atoms with E-state index in [1.165, 1.54) is 0 Å². The molecule has 0 heterocycles. The summed E-state index contributed by atoms with van der Waals surface area (Å²) in [5.41, 5.74) is 0.690. The van der Waals surface area contributed by atoms with E-state index in [4.69, 9.17) is 16.3 Å². The molecular weight excluding hydrogens is 252 g/mol. The number of allylic oxidation sites excluding steroid dienone is 2. The SMILES string of the molecule is CC(C)COc1ccc2c(c1)C(=O)C=C(Cl)C2=O. The van der Waals surface area contributed by atoms with Crippen LogP contribution in [0.3, 0.4) is 0 Å². The molecule has 0 amide bonds. The topological polar surface area (TPSA) is 43.4 Å². The van der Waals surface area contributed by atoms with Crippen LogP contribution in [0.5, 0.6) is 5.75 Å². The van der Waals surface area contributed by atoms with E-state index in [1.54, 1.807) is 18.2 Å². The minimum atomic E-state index is -0.318. The summed E-state index contributed by atoms with van der Waals surface area (Å²) in [6, 6.07) is 4.86. The first-order chi connectivity index (χ1) is 8.49. The highest BCUT2D eigenvalue weighted by molar-refractivity contribution is 6.49. The zero-order valence-corrected chi connectivity index (χ0v) is 11.0. The van der Waals surface area contributed by atoms with Gasteiger partial charge in [-0.15, -0.1) is 0 Å². The molecule has 94 valence electrons. The first-order valence-electron chi connectivity index (χ1n) is 5.72. The average molecular weight is 265 g/mol. The van der Waals surface area contributed by atoms with Crippen molar-refractivity contribution in [3.05, 3.63) is 40.4 Å². The van der Waals surface area contributed by atoms with Crippen LogP contribution >= 0.6 is 11.6 Å². The first-order valence-corrected chi connectivity index (χ1v) is 6.10. The third kappa shape index (κ3) is 2.46. The predicted molar refractivity (Wildman–Crippen MR) is 69.4 cm³/mol. The third-order valence-corrected chi connectivity index (χ3v) is 2.84. The standard InChI is InChI=1S/C14H13ClO3/c1-8(2)7-18-9-3-4-10-11(5-9)13(16)6-12(15)14(10)17/h3-6,8H,7H2,1-2H3. The summed E-state index contributed by atoms with van der Waals surface area (Å²) in [6.07, 6.45) is 1.15. The highest BCUT2D eigenvalue weighted by Gasteiger charge is 2.24. The van der Waals surface area contributed by atoms with E-state index in [9.17, 15) is 9.59 Å². The molecule has 0 aromatic heterocycles. The van der Waals surface area contributed by atoms with Crippen LogP contribution in [0, 0.1) is 5.92 Å². The van der Waals surface area contributed by atoms with Crippen LogP contribution in [-0.2, 0) is 0 Å². The largest absolute Gasteiger partial charge is 0.493 e. The van der Waals surface area contributed by atoms with Gasteiger partial charge in [-0.1, -0.05) is 25.4 Å². The lowest BCUT2D eigenvalue weighted by molar-refractivity contribution is 0.0990. The summed E-state index contributed by atoms with van der Waals surface area (Å²) in [7, 11) is 0. The Labute approximate surface area is 110 Å². The van der Waals surface area contributed by atoms with Gasteiger partial charge in [0.05, 0.1) is 11.6 Å². The number of carbonyl (C=O) groups is 2. The van der Waals surface area contributed by atoms with E-state index >= 15 is 0 Å². The summed E-state index contributed by atoms with van der Waals surface area (Å²) in [5.74, 6) is 0.411. The van der Waals surface area contributed by atoms with Crippen LogP contribution in [0.2, 0.25) is 0 Å². The van der Waals surface area contributed by atoms with Gasteiger partial charge in [0.25, 0.3) is 0 Å². The normalized spacial score (nSPS) is 14.6. The summed E-state index contributed by atoms with van der Waals surface area (Å²) < 4.78 is 5.53. The Morgan fingerprint density at radius 2 is 1.94 bits per heavy atom. The zero-order valence-electron chi connectivity index (χ0n) is 10.2. The second kappa shape index (κ2) is 4.94. The van der Waals surface area contributed by atoms with Crippen LogP contribution < -0.4 is 4.74 Å². The molecule has 0 saturated heterocycles. The van der Waals surface area contributed by atoms with E-state index in [-0.39, 0.29) is 16.6 Å². The van der Waals surface area contributed by atoms with Crippen LogP contribution in [0.15, 0.2) is 29.3 Å². The summed E-state index contributed by atoms with van der Waals surface area (Å²) in [6.45, 7) is 4.64. The molecule has 1 aliphatic rings. The molecule has 1 aromatic rings. The van der Waals surface area contributed by atoms with E-state index in [2.05, 4.69) is 0 Å². The molecule has 18 heavy (non-hydrogen) atoms. The number of hydrogen-bond donors (Lipinski definition) is 0. The van der Waals surface area contributed by atoms with Crippen LogP contribution in [-0.4, -0.2) is 18.2 Å². The van der Waals surface area contributed by atoms with Crippen molar-refractivity contribution in [1.82, 2.24) is 0 Å². The monoisotopic (exact) mass is 264 g/mol. The van der Waals surface area contributed by atoms with E-state index in [0.29, 0.717) is 29.4 Å². The van der Waals surface area contributed by atoms with Crippen LogP contribution in [0.4, 0.5) is 0 Å². The molecule has 0 radical (unpaired) electrons. The van der Waals surface area contributed by atoms with Gasteiger partial charge in [0.15, 0.2) is 5.78 Å². The van der Waals surface area contributed by atoms with E-state index in [1.807, 2.05) is 13.8 Å². The van der Waals surface area contributed by atoms with Gasteiger partial charge in [-0.25, -0.2) is 0 Å². The average Bonchev–Trinajstić information content (AvgIpc) is 2.33. The van der Waals surface area contributed by atoms with Crippen molar-refractivity contribution in [2.24, 2.45) is 5.92 Å². The highest BCUT2D eigenvalue weighted by Crippen LogP contribution is 2.27. The molecule has 0 saturated carbocycles. The number of fused-ring (bicyclic) bond motifs is 1. The van der Waals surface area contributed by atoms with Crippen molar-refractivity contribution >= 4 is 23.2 Å². The Balaban J connectivity index is 2.32. The van der Waals surface area contributed by atoms with E-state index < -0.39 is 0 Å². The van der Waals surface area contributed by atoms with Crippen molar-refractivity contribution in [2.45, 2.75) is 13.8 Å². The third-order valence-electron chi connectivity index (χ3n) is 2.56. The molecule has 4 heteroatoms. The van der Waals surface area contributed by atoms with Crippen LogP contribution in [0.25, 0.3) is 0 Å². The second-order valence-corrected chi connectivity index (χ2v) is 5.01. The predicted octanol–water partition coefficient (Wildman–Crippen LogP) is 3.22. The van der Waals surface area contributed by atoms with Crippen molar-refractivity contribution in [3.8, 4) is 5.75 Å². The minimum absolute atomic E-state index is 0.0386. The van der Waals surface area contributed by atoms with Crippen molar-refractivity contribution in [3.63, 3.8) is 0 Å². The second-order valence-electron chi connectivity index (χ2n) is 4.60. The quantitative estimate of drug-likeness (QED) is 0.842. The Hall–Kier alpha value is -1.61. The van der Waals surface area contributed by atoms with Gasteiger partial charge in [0, 0.05) is 17.2 Å². The van der Waals surface area contributed by atoms with E-state index in [0.717, 1.165) is 6.08 Å². The smallest absolute Gasteiger partial charge is 0.205 e. The summed E-state index contributed by atoms with van der Waals surface area (Å²) in [5, 5.41) is -0.0386. The Morgan fingerprint density at radius 3 is 2.61 bits per heavy atom. The maximum absolute atomic E-state index is 11.8. The lowest BCUT2D eigenvalue weighted by Gasteiger charge is -2.14. The molecule has 0 atom stereocenters. The van der Waals surface area contributed by atoms with Crippen molar-refractivity contribution < 1.29 is 14.3 Å². The van der Waals surface area contributed by atoms with Gasteiger partial charge >= 0.3 is 0 Å². The fraction of sp³-hybridized carbons (Fsp3) is 0.286. The number of halogens is 1. The number of rotatable bonds is 3. The van der Waals surface area contributed by atoms with Gasteiger partial charge in [-0.2, -0.15) is 0 Å². The molecule has 2 rings (SSSR count). The number of carbonyl (C=O) groups excluding carboxylic acids is 2. The van der Waals surface area contributed by atoms with Crippen molar-refractivity contribution in [1.29, 1.82) is 0 Å². The first kappa shape index (κ1) is 12.8. The molecule has 0 N–H and O–H groups in total. The van der Waals surface area contributed by atoms with Gasteiger partial charge in [-0.3, -0.25) is 9.59 Å². The zero-order chi connectivity index (χ0) is 13.3.